The fourth-order valence-electron chi connectivity index (χ4n) is 1.77. The molecule has 2 nitrogen and oxygen atoms in total. The first-order valence-electron chi connectivity index (χ1n) is 4.99. The third-order valence-electron chi connectivity index (χ3n) is 2.91. The van der Waals surface area contributed by atoms with Crippen LogP contribution in [0, 0.1) is 12.8 Å². The lowest BCUT2D eigenvalue weighted by Crippen LogP contribution is -2.32. The van der Waals surface area contributed by atoms with Gasteiger partial charge in [-0.3, -0.25) is 4.98 Å². The van der Waals surface area contributed by atoms with Gasteiger partial charge in [0.1, 0.15) is 0 Å². The molecule has 1 aromatic heterocycles. The lowest BCUT2D eigenvalue weighted by molar-refractivity contribution is 0.142. The fourth-order valence-corrected chi connectivity index (χ4v) is 1.77. The number of nitrogens with zero attached hydrogens (tertiary/aromatic N) is 1. The van der Waals surface area contributed by atoms with Crippen molar-refractivity contribution < 1.29 is 4.39 Å². The van der Waals surface area contributed by atoms with Gasteiger partial charge >= 0.3 is 0 Å². The third kappa shape index (κ3) is 1.52. The summed E-state index contributed by atoms with van der Waals surface area (Å²) in [5.41, 5.74) is 5.71. The van der Waals surface area contributed by atoms with E-state index in [9.17, 15) is 4.39 Å². The van der Waals surface area contributed by atoms with Crippen LogP contribution in [0.3, 0.4) is 0 Å². The average Bonchev–Trinajstić information content (AvgIpc) is 3.01. The number of aryl methyl sites for hydroxylation is 1. The molecule has 3 heteroatoms. The minimum Gasteiger partial charge on any atom is -0.327 e. The second-order valence-corrected chi connectivity index (χ2v) is 4.03. The number of pyridine rings is 1. The molecular formula is C11H15FN2. The molecule has 0 saturated heterocycles. The highest BCUT2D eigenvalue weighted by Gasteiger charge is 2.46. The monoisotopic (exact) mass is 194 g/mol. The number of rotatable bonds is 3. The topological polar surface area (TPSA) is 38.9 Å². The van der Waals surface area contributed by atoms with Gasteiger partial charge in [0.25, 0.3) is 0 Å². The second kappa shape index (κ2) is 3.31. The summed E-state index contributed by atoms with van der Waals surface area (Å²) in [6, 6.07) is 3.63. The number of alkyl halides is 1. The molecule has 0 spiro atoms. The van der Waals surface area contributed by atoms with Crippen LogP contribution in [0.2, 0.25) is 0 Å². The maximum Gasteiger partial charge on any atom is 0.152 e. The number of hydrogen-bond acceptors (Lipinski definition) is 2. The predicted molar refractivity (Wildman–Crippen MR) is 53.5 cm³/mol. The normalized spacial score (nSPS) is 20.5. The van der Waals surface area contributed by atoms with E-state index in [2.05, 4.69) is 4.98 Å². The molecule has 1 aliphatic rings. The van der Waals surface area contributed by atoms with Gasteiger partial charge in [-0.05, 0) is 31.7 Å². The summed E-state index contributed by atoms with van der Waals surface area (Å²) >= 11 is 0. The molecule has 14 heavy (non-hydrogen) atoms. The van der Waals surface area contributed by atoms with Crippen molar-refractivity contribution in [3.05, 3.63) is 29.6 Å². The molecule has 76 valence electrons. The van der Waals surface area contributed by atoms with E-state index in [1.807, 2.05) is 13.0 Å². The molecule has 1 atom stereocenters. The average molecular weight is 194 g/mol. The zero-order valence-corrected chi connectivity index (χ0v) is 8.33. The van der Waals surface area contributed by atoms with Gasteiger partial charge in [0, 0.05) is 24.0 Å². The van der Waals surface area contributed by atoms with Crippen LogP contribution < -0.4 is 5.73 Å². The Bertz CT molecular complexity index is 319. The Hall–Kier alpha value is -0.960. The Labute approximate surface area is 83.3 Å². The van der Waals surface area contributed by atoms with E-state index in [4.69, 9.17) is 5.73 Å². The number of nitrogens with two attached hydrogens (primary N) is 1. The van der Waals surface area contributed by atoms with E-state index in [1.165, 1.54) is 0 Å². The van der Waals surface area contributed by atoms with Gasteiger partial charge in [0.05, 0.1) is 0 Å². The predicted octanol–water partition coefficient (Wildman–Crippen LogP) is 1.92. The molecule has 0 radical (unpaired) electrons. The molecule has 0 aromatic carbocycles. The quantitative estimate of drug-likeness (QED) is 0.798. The van der Waals surface area contributed by atoms with Crippen molar-refractivity contribution in [1.29, 1.82) is 0 Å². The lowest BCUT2D eigenvalue weighted by Gasteiger charge is -2.23. The van der Waals surface area contributed by atoms with Gasteiger partial charge in [0.15, 0.2) is 5.67 Å². The van der Waals surface area contributed by atoms with Crippen LogP contribution in [-0.4, -0.2) is 11.5 Å². The summed E-state index contributed by atoms with van der Waals surface area (Å²) in [6.07, 6.45) is 3.50. The molecule has 2 rings (SSSR count). The largest absolute Gasteiger partial charge is 0.327 e. The van der Waals surface area contributed by atoms with E-state index in [1.54, 1.807) is 12.3 Å². The van der Waals surface area contributed by atoms with Crippen molar-refractivity contribution in [2.75, 3.05) is 6.54 Å². The first-order chi connectivity index (χ1) is 6.66. The molecule has 1 aliphatic carbocycles. The summed E-state index contributed by atoms with van der Waals surface area (Å²) in [6.45, 7) is 1.95. The Kier molecular flexibility index (Phi) is 2.27. The van der Waals surface area contributed by atoms with E-state index < -0.39 is 5.67 Å². The Morgan fingerprint density at radius 2 is 2.29 bits per heavy atom. The van der Waals surface area contributed by atoms with Crippen LogP contribution in [0.5, 0.6) is 0 Å². The SMILES string of the molecule is Cc1ccc(C(F)(CN)C2CC2)cn1. The second-order valence-electron chi connectivity index (χ2n) is 4.03. The first-order valence-corrected chi connectivity index (χ1v) is 4.99. The van der Waals surface area contributed by atoms with Crippen LogP contribution in [-0.2, 0) is 5.67 Å². The van der Waals surface area contributed by atoms with Crippen molar-refractivity contribution in [3.63, 3.8) is 0 Å². The zero-order valence-electron chi connectivity index (χ0n) is 8.33. The molecule has 1 aromatic rings. The molecule has 1 saturated carbocycles. The summed E-state index contributed by atoms with van der Waals surface area (Å²) in [5.74, 6) is 0.108. The van der Waals surface area contributed by atoms with Crippen LogP contribution in [0.15, 0.2) is 18.3 Å². The van der Waals surface area contributed by atoms with Crippen LogP contribution in [0.25, 0.3) is 0 Å². The minimum absolute atomic E-state index is 0.0579. The van der Waals surface area contributed by atoms with Gasteiger partial charge in [-0.15, -0.1) is 0 Å². The van der Waals surface area contributed by atoms with Crippen LogP contribution in [0.4, 0.5) is 4.39 Å². The summed E-state index contributed by atoms with van der Waals surface area (Å²) in [7, 11) is 0. The van der Waals surface area contributed by atoms with Gasteiger partial charge < -0.3 is 5.73 Å². The Morgan fingerprint density at radius 3 is 2.71 bits per heavy atom. The highest BCUT2D eigenvalue weighted by molar-refractivity contribution is 5.24. The summed E-state index contributed by atoms with van der Waals surface area (Å²) in [4.78, 5) is 4.11. The Balaban J connectivity index is 2.31. The van der Waals surface area contributed by atoms with Crippen LogP contribution in [0.1, 0.15) is 24.1 Å². The first kappa shape index (κ1) is 9.59. The highest BCUT2D eigenvalue weighted by Crippen LogP contribution is 2.47. The smallest absolute Gasteiger partial charge is 0.152 e. The number of aromatic nitrogens is 1. The lowest BCUT2D eigenvalue weighted by atomic mass is 9.92. The molecule has 0 aliphatic heterocycles. The molecule has 0 bridgehead atoms. The third-order valence-corrected chi connectivity index (χ3v) is 2.91. The fraction of sp³-hybridized carbons (Fsp3) is 0.545. The summed E-state index contributed by atoms with van der Waals surface area (Å²) < 4.78 is 14.4. The van der Waals surface area contributed by atoms with E-state index in [0.29, 0.717) is 5.56 Å². The van der Waals surface area contributed by atoms with Crippen molar-refractivity contribution in [2.24, 2.45) is 11.7 Å². The van der Waals surface area contributed by atoms with Crippen molar-refractivity contribution in [1.82, 2.24) is 4.98 Å². The minimum atomic E-state index is -1.35. The van der Waals surface area contributed by atoms with E-state index >= 15 is 0 Å². The zero-order chi connectivity index (χ0) is 10.2. The molecule has 0 amide bonds. The number of hydrogen-bond donors (Lipinski definition) is 1. The maximum absolute atomic E-state index is 14.4. The van der Waals surface area contributed by atoms with Crippen molar-refractivity contribution in [3.8, 4) is 0 Å². The van der Waals surface area contributed by atoms with Gasteiger partial charge in [-0.2, -0.15) is 0 Å². The molecule has 1 heterocycles. The van der Waals surface area contributed by atoms with Gasteiger partial charge in [0.2, 0.25) is 0 Å². The Morgan fingerprint density at radius 1 is 1.57 bits per heavy atom. The molecule has 1 unspecified atom stereocenters. The maximum atomic E-state index is 14.4. The molecule has 1 fully saturated rings. The molecular weight excluding hydrogens is 179 g/mol. The van der Waals surface area contributed by atoms with Crippen LogP contribution >= 0.6 is 0 Å². The highest BCUT2D eigenvalue weighted by atomic mass is 19.1. The van der Waals surface area contributed by atoms with E-state index in [-0.39, 0.29) is 12.5 Å². The number of halogens is 1. The van der Waals surface area contributed by atoms with Gasteiger partial charge in [-0.25, -0.2) is 4.39 Å². The van der Waals surface area contributed by atoms with E-state index in [0.717, 1.165) is 18.5 Å². The van der Waals surface area contributed by atoms with Crippen molar-refractivity contribution in [2.45, 2.75) is 25.4 Å². The molecule has 2 N–H and O–H groups in total. The standard InChI is InChI=1S/C11H15FN2/c1-8-2-3-10(6-14-8)11(12,7-13)9-4-5-9/h2-3,6,9H,4-5,7,13H2,1H3. The van der Waals surface area contributed by atoms with Crippen molar-refractivity contribution >= 4 is 0 Å². The van der Waals surface area contributed by atoms with Gasteiger partial charge in [-0.1, -0.05) is 6.07 Å². The summed E-state index contributed by atoms with van der Waals surface area (Å²) in [5, 5.41) is 0.